The van der Waals surface area contributed by atoms with Crippen LogP contribution in [0.15, 0.2) is 0 Å². The molecule has 0 spiro atoms. The number of nitrogens with two attached hydrogens (primary N) is 6. The molecule has 1 aliphatic rings. The third-order valence-corrected chi connectivity index (χ3v) is 3.10. The Morgan fingerprint density at radius 1 is 0.475 bits per heavy atom. The second kappa shape index (κ2) is 53.2. The fraction of sp³-hybridized carbons (Fsp3) is 1.00. The molecule has 24 nitrogen and oxygen atoms in total. The molecule has 0 aromatic rings. The molecule has 0 amide bonds. The summed E-state index contributed by atoms with van der Waals surface area (Å²) in [6.07, 6.45) is 4.50. The molecule has 0 aromatic heterocycles. The number of nitrogens with one attached hydrogen (secondary N) is 2. The van der Waals surface area contributed by atoms with Crippen molar-refractivity contribution in [1.82, 2.24) is 10.6 Å². The third kappa shape index (κ3) is 173. The summed E-state index contributed by atoms with van der Waals surface area (Å²) in [7, 11) is 0. The minimum absolute atomic E-state index is 0. The van der Waals surface area contributed by atoms with Crippen molar-refractivity contribution < 1.29 is 62.5 Å². The van der Waals surface area contributed by atoms with Gasteiger partial charge in [0.25, 0.3) is 0 Å². The van der Waals surface area contributed by atoms with E-state index in [9.17, 15) is 0 Å². The molecule has 0 radical (unpaired) electrons. The molecule has 0 bridgehead atoms. The van der Waals surface area contributed by atoms with E-state index in [-0.39, 0.29) is 42.1 Å². The molecule has 0 saturated heterocycles. The van der Waals surface area contributed by atoms with Crippen LogP contribution in [0.4, 0.5) is 0 Å². The summed E-state index contributed by atoms with van der Waals surface area (Å²) in [4.78, 5) is 33.0. The van der Waals surface area contributed by atoms with Crippen molar-refractivity contribution in [3.63, 3.8) is 0 Å². The summed E-state index contributed by atoms with van der Waals surface area (Å²) in [5.74, 6) is 0. The Hall–Kier alpha value is -2.14. The minimum Gasteiger partial charge on any atom is -0.356 e. The zero-order valence-corrected chi connectivity index (χ0v) is 26.0. The quantitative estimate of drug-likeness (QED) is 0.0658. The Kier molecular flexibility index (Phi) is 76.7. The second-order valence-corrected chi connectivity index (χ2v) is 6.22. The van der Waals surface area contributed by atoms with E-state index in [0.717, 1.165) is 51.9 Å². The van der Waals surface area contributed by atoms with Gasteiger partial charge in [-0.25, -0.2) is 0 Å². The third-order valence-electron chi connectivity index (χ3n) is 3.10. The van der Waals surface area contributed by atoms with E-state index in [1.54, 1.807) is 0 Å². The van der Waals surface area contributed by atoms with Crippen molar-refractivity contribution in [3.8, 4) is 0 Å². The van der Waals surface area contributed by atoms with Crippen LogP contribution < -0.4 is 45.0 Å². The molecule has 1 aliphatic carbocycles. The number of hydrogen-bond acceptors (Lipinski definition) is 20. The first-order valence-electron chi connectivity index (χ1n) is 10.5. The largest absolute Gasteiger partial charge is 2.00 e. The van der Waals surface area contributed by atoms with Crippen LogP contribution in [0.25, 0.3) is 0 Å². The molecular weight excluding hydrogens is 918 g/mol. The van der Waals surface area contributed by atoms with Crippen molar-refractivity contribution in [2.45, 2.75) is 37.8 Å². The first kappa shape index (κ1) is 57.7. The van der Waals surface area contributed by atoms with Gasteiger partial charge in [-0.15, -0.1) is 0 Å². The average Bonchev–Trinajstić information content (AvgIpc) is 2.76. The van der Waals surface area contributed by atoms with E-state index < -0.39 is 20.3 Å². The smallest absolute Gasteiger partial charge is 0.356 e. The van der Waals surface area contributed by atoms with Gasteiger partial charge in [-0.3, -0.25) is 0 Å². The van der Waals surface area contributed by atoms with E-state index in [4.69, 9.17) is 95.7 Å². The van der Waals surface area contributed by atoms with Crippen molar-refractivity contribution in [2.24, 2.45) is 34.4 Å². The average molecular weight is 959 g/mol. The fourth-order valence-corrected chi connectivity index (χ4v) is 1.80. The van der Waals surface area contributed by atoms with Crippen molar-refractivity contribution in [2.75, 3.05) is 52.4 Å². The molecule has 0 heterocycles. The van der Waals surface area contributed by atoms with Crippen LogP contribution in [-0.4, -0.2) is 84.8 Å². The Balaban J connectivity index is -0.0000000505. The molecule has 248 valence electrons. The zero-order chi connectivity index (χ0) is 31.4. The maximum atomic E-state index is 8.25. The Bertz CT molecular complexity index is 436. The molecule has 26 heteroatoms. The van der Waals surface area contributed by atoms with Crippen molar-refractivity contribution in [1.29, 1.82) is 0 Å². The van der Waals surface area contributed by atoms with Gasteiger partial charge in [-0.1, -0.05) is 0 Å². The topological polar surface area (TPSA) is 445 Å². The maximum Gasteiger partial charge on any atom is 2.00 e. The Morgan fingerprint density at radius 3 is 0.700 bits per heavy atom. The summed E-state index contributed by atoms with van der Waals surface area (Å²) in [6, 6.07) is 0.879. The Labute approximate surface area is 258 Å². The van der Waals surface area contributed by atoms with Gasteiger partial charge in [0.1, 0.15) is 0 Å². The molecule has 0 unspecified atom stereocenters. The summed E-state index contributed by atoms with van der Waals surface area (Å²) in [6.45, 7) is 6.27. The van der Waals surface area contributed by atoms with Crippen LogP contribution in [0.1, 0.15) is 25.7 Å². The summed E-state index contributed by atoms with van der Waals surface area (Å²) >= 11 is 0. The van der Waals surface area contributed by atoms with Crippen LogP contribution >= 0.6 is 0 Å². The van der Waals surface area contributed by atoms with Gasteiger partial charge < -0.3 is 106 Å². The zero-order valence-electron chi connectivity index (χ0n) is 21.4. The van der Waals surface area contributed by atoms with Gasteiger partial charge in [-0.2, -0.15) is 0 Å². The van der Waals surface area contributed by atoms with Crippen LogP contribution in [0.3, 0.4) is 0 Å². The molecule has 1 rings (SSSR count). The molecule has 40 heavy (non-hydrogen) atoms. The van der Waals surface area contributed by atoms with E-state index >= 15 is 0 Å². The number of hydrogen-bond donors (Lipinski definition) is 8. The Morgan fingerprint density at radius 2 is 0.600 bits per heavy atom. The van der Waals surface area contributed by atoms with Crippen LogP contribution in [0, 0.1) is 61.3 Å². The molecule has 14 N–H and O–H groups in total. The minimum atomic E-state index is -1.75. The second-order valence-electron chi connectivity index (χ2n) is 6.22. The van der Waals surface area contributed by atoms with E-state index in [1.807, 2.05) is 0 Å². The predicted octanol–water partition coefficient (Wildman–Crippen LogP) is -3.76. The summed E-state index contributed by atoms with van der Waals surface area (Å²) in [5, 5.41) is 65.1. The fourth-order valence-electron chi connectivity index (χ4n) is 1.80. The van der Waals surface area contributed by atoms with Crippen molar-refractivity contribution in [3.05, 3.63) is 61.3 Å². The van der Waals surface area contributed by atoms with Crippen LogP contribution in [0.2, 0.25) is 0 Å². The number of nitrogens with zero attached hydrogens (tertiary/aromatic N) is 4. The van der Waals surface area contributed by atoms with E-state index in [1.165, 1.54) is 0 Å². The van der Waals surface area contributed by atoms with E-state index in [0.29, 0.717) is 38.3 Å². The molecule has 0 aromatic carbocycles. The number of rotatable bonds is 8. The van der Waals surface area contributed by atoms with Crippen LogP contribution in [0.5, 0.6) is 0 Å². The standard InChI is InChI=1S/C6H14N2.2C4H13N3.4NO3.2Pt/c7-5-1-2-6(8)4-3-5;2*5-1-3-7-4-2-6;4*2-1(3)4;;/h5-6H,1-4,7-8H2;2*7H,1-6H2;;;;;;/q;;;4*-1;2*+2. The monoisotopic (exact) mass is 958 g/mol. The van der Waals surface area contributed by atoms with Gasteiger partial charge in [0.2, 0.25) is 0 Å². The normalized spacial score (nSPS) is 13.7. The molecule has 0 aliphatic heterocycles. The van der Waals surface area contributed by atoms with E-state index in [2.05, 4.69) is 10.6 Å². The molecule has 1 fully saturated rings. The molecule has 0 atom stereocenters. The first-order valence-corrected chi connectivity index (χ1v) is 10.5. The summed E-state index contributed by atoms with van der Waals surface area (Å²) in [5.41, 5.74) is 31.9. The summed E-state index contributed by atoms with van der Waals surface area (Å²) < 4.78 is 0. The van der Waals surface area contributed by atoms with Gasteiger partial charge in [0.05, 0.1) is 20.3 Å². The maximum absolute atomic E-state index is 8.25. The van der Waals surface area contributed by atoms with Crippen LogP contribution in [-0.2, 0) is 42.1 Å². The SMILES string of the molecule is NC1CCC(N)CC1.NCCNCCN.NCCNCCN.O=[N+]([O-])[O-].O=[N+]([O-])[O-].O=[N+]([O-])[O-].O=[N+]([O-])[O-].[Pt+2].[Pt+2]. The molecular formula is C14H40N12O12Pt2. The van der Waals surface area contributed by atoms with Gasteiger partial charge in [-0.05, 0) is 25.7 Å². The van der Waals surface area contributed by atoms with Gasteiger partial charge >= 0.3 is 42.1 Å². The van der Waals surface area contributed by atoms with Gasteiger partial charge in [0, 0.05) is 64.4 Å². The first-order chi connectivity index (χ1) is 17.5. The molecule has 1 saturated carbocycles. The van der Waals surface area contributed by atoms with Gasteiger partial charge in [0.15, 0.2) is 0 Å². The predicted molar refractivity (Wildman–Crippen MR) is 138 cm³/mol. The van der Waals surface area contributed by atoms with Crippen molar-refractivity contribution >= 4 is 0 Å².